The lowest BCUT2D eigenvalue weighted by atomic mass is 9.97. The third kappa shape index (κ3) is 6.47. The summed E-state index contributed by atoms with van der Waals surface area (Å²) in [5.74, 6) is -0.599. The Kier molecular flexibility index (Phi) is 7.97. The predicted octanol–water partition coefficient (Wildman–Crippen LogP) is 5.14. The minimum absolute atomic E-state index is 0.177. The van der Waals surface area contributed by atoms with Crippen molar-refractivity contribution in [3.63, 3.8) is 0 Å². The zero-order valence-electron chi connectivity index (χ0n) is 20.9. The van der Waals surface area contributed by atoms with Gasteiger partial charge < -0.3 is 16.0 Å². The first kappa shape index (κ1) is 25.3. The van der Waals surface area contributed by atoms with Crippen LogP contribution in [0.25, 0.3) is 0 Å². The van der Waals surface area contributed by atoms with Gasteiger partial charge in [-0.3, -0.25) is 19.3 Å². The molecular formula is C27H33FN6O2. The predicted molar refractivity (Wildman–Crippen MR) is 138 cm³/mol. The van der Waals surface area contributed by atoms with Crippen LogP contribution in [0.2, 0.25) is 0 Å². The van der Waals surface area contributed by atoms with E-state index in [4.69, 9.17) is 0 Å². The third-order valence-electron chi connectivity index (χ3n) is 6.52. The van der Waals surface area contributed by atoms with Crippen molar-refractivity contribution in [2.75, 3.05) is 10.6 Å². The summed E-state index contributed by atoms with van der Waals surface area (Å²) in [5.41, 5.74) is 2.57. The molecule has 0 saturated heterocycles. The second kappa shape index (κ2) is 11.3. The number of carbonyl (C=O) groups excluding carboxylic acids is 2. The molecule has 0 unspecified atom stereocenters. The Morgan fingerprint density at radius 1 is 1.14 bits per heavy atom. The fourth-order valence-corrected chi connectivity index (χ4v) is 4.53. The number of aromatic nitrogens is 3. The number of anilines is 3. The van der Waals surface area contributed by atoms with Crippen molar-refractivity contribution in [2.45, 2.75) is 57.9 Å². The van der Waals surface area contributed by atoms with Crippen LogP contribution in [0.4, 0.5) is 21.5 Å². The van der Waals surface area contributed by atoms with Gasteiger partial charge in [0.15, 0.2) is 0 Å². The van der Waals surface area contributed by atoms with E-state index in [1.54, 1.807) is 36.4 Å². The average molecular weight is 493 g/mol. The number of carbonyl (C=O) groups is 2. The Labute approximate surface area is 210 Å². The molecule has 190 valence electrons. The maximum Gasteiger partial charge on any atom is 0.252 e. The highest BCUT2D eigenvalue weighted by atomic mass is 19.1. The summed E-state index contributed by atoms with van der Waals surface area (Å²) in [6.07, 6.45) is 9.84. The Morgan fingerprint density at radius 3 is 2.61 bits per heavy atom. The van der Waals surface area contributed by atoms with E-state index in [1.807, 2.05) is 19.9 Å². The number of pyridine rings is 1. The van der Waals surface area contributed by atoms with Crippen molar-refractivity contribution in [2.24, 2.45) is 13.0 Å². The zero-order chi connectivity index (χ0) is 25.7. The summed E-state index contributed by atoms with van der Waals surface area (Å²) in [6, 6.07) is 7.04. The molecule has 1 fully saturated rings. The van der Waals surface area contributed by atoms with Crippen molar-refractivity contribution in [3.05, 3.63) is 66.0 Å². The van der Waals surface area contributed by atoms with Crippen LogP contribution in [0.15, 0.2) is 48.9 Å². The Morgan fingerprint density at radius 2 is 1.92 bits per heavy atom. The number of hydrogen-bond acceptors (Lipinski definition) is 5. The van der Waals surface area contributed by atoms with Crippen LogP contribution in [-0.2, 0) is 11.8 Å². The van der Waals surface area contributed by atoms with Gasteiger partial charge >= 0.3 is 0 Å². The van der Waals surface area contributed by atoms with Crippen LogP contribution in [0.5, 0.6) is 0 Å². The number of halogens is 1. The molecule has 1 aliphatic rings. The highest BCUT2D eigenvalue weighted by Gasteiger charge is 2.27. The molecule has 9 heteroatoms. The molecule has 2 heterocycles. The van der Waals surface area contributed by atoms with Gasteiger partial charge in [-0.15, -0.1) is 0 Å². The molecule has 3 N–H and O–H groups in total. The molecule has 8 nitrogen and oxygen atoms in total. The van der Waals surface area contributed by atoms with Gasteiger partial charge in [-0.1, -0.05) is 39.5 Å². The van der Waals surface area contributed by atoms with Crippen molar-refractivity contribution in [1.82, 2.24) is 20.1 Å². The molecule has 1 saturated carbocycles. The molecule has 0 bridgehead atoms. The summed E-state index contributed by atoms with van der Waals surface area (Å²) in [5, 5.41) is 12.9. The monoisotopic (exact) mass is 492 g/mol. The smallest absolute Gasteiger partial charge is 0.252 e. The van der Waals surface area contributed by atoms with Gasteiger partial charge in [-0.05, 0) is 48.6 Å². The van der Waals surface area contributed by atoms with E-state index in [2.05, 4.69) is 26.0 Å². The molecule has 0 spiro atoms. The molecule has 2 amide bonds. The van der Waals surface area contributed by atoms with Crippen molar-refractivity contribution >= 4 is 28.9 Å². The number of aryl methyl sites for hydroxylation is 1. The standard InChI is InChI=1S/C27H33FN6O2/c1-17(2)23-14-20(10-11-29-23)31-24-13-19(8-9-22(24)28)26(35)33-25(12-18-6-4-5-7-18)27(36)32-21-15-30-34(3)16-21/h8-11,13-18,25H,4-7,12H2,1-3H3,(H,29,31)(H,32,36)(H,33,35)/t25-/m0/s1. The SMILES string of the molecule is CC(C)c1cc(Nc2cc(C(=O)N[C@@H](CC3CCCC3)C(=O)Nc3cnn(C)c3)ccc2F)ccn1. The van der Waals surface area contributed by atoms with E-state index < -0.39 is 17.8 Å². The van der Waals surface area contributed by atoms with Gasteiger partial charge in [-0.25, -0.2) is 4.39 Å². The molecule has 0 aliphatic heterocycles. The third-order valence-corrected chi connectivity index (χ3v) is 6.52. The quantitative estimate of drug-likeness (QED) is 0.384. The van der Waals surface area contributed by atoms with Crippen LogP contribution in [0.3, 0.4) is 0 Å². The highest BCUT2D eigenvalue weighted by molar-refractivity contribution is 6.01. The van der Waals surface area contributed by atoms with Crippen LogP contribution in [0.1, 0.15) is 67.9 Å². The first-order chi connectivity index (χ1) is 17.3. The molecule has 2 aromatic heterocycles. The number of rotatable bonds is 9. The summed E-state index contributed by atoms with van der Waals surface area (Å²) in [6.45, 7) is 4.06. The minimum Gasteiger partial charge on any atom is -0.353 e. The van der Waals surface area contributed by atoms with Crippen molar-refractivity contribution < 1.29 is 14.0 Å². The fraction of sp³-hybridized carbons (Fsp3) is 0.407. The topological polar surface area (TPSA) is 101 Å². The van der Waals surface area contributed by atoms with Gasteiger partial charge in [0.05, 0.1) is 17.6 Å². The summed E-state index contributed by atoms with van der Waals surface area (Å²) in [7, 11) is 1.77. The van der Waals surface area contributed by atoms with Crippen molar-refractivity contribution in [3.8, 4) is 0 Å². The van der Waals surface area contributed by atoms with Crippen LogP contribution >= 0.6 is 0 Å². The largest absolute Gasteiger partial charge is 0.353 e. The fourth-order valence-electron chi connectivity index (χ4n) is 4.53. The Balaban J connectivity index is 1.50. The molecular weight excluding hydrogens is 459 g/mol. The lowest BCUT2D eigenvalue weighted by Crippen LogP contribution is -2.44. The average Bonchev–Trinajstić information content (AvgIpc) is 3.51. The van der Waals surface area contributed by atoms with Gasteiger partial charge in [0.25, 0.3) is 5.91 Å². The van der Waals surface area contributed by atoms with E-state index in [0.717, 1.165) is 31.4 Å². The lowest BCUT2D eigenvalue weighted by Gasteiger charge is -2.21. The Bertz CT molecular complexity index is 1220. The number of nitrogens with zero attached hydrogens (tertiary/aromatic N) is 3. The normalized spacial score (nSPS) is 14.6. The number of nitrogens with one attached hydrogen (secondary N) is 3. The van der Waals surface area contributed by atoms with E-state index in [1.165, 1.54) is 18.2 Å². The molecule has 1 aliphatic carbocycles. The first-order valence-corrected chi connectivity index (χ1v) is 12.4. The van der Waals surface area contributed by atoms with E-state index in [9.17, 15) is 14.0 Å². The molecule has 3 aromatic rings. The minimum atomic E-state index is -0.712. The van der Waals surface area contributed by atoms with E-state index >= 15 is 0 Å². The van der Waals surface area contributed by atoms with Gasteiger partial charge in [0.2, 0.25) is 5.91 Å². The zero-order valence-corrected chi connectivity index (χ0v) is 20.9. The van der Waals surface area contributed by atoms with Crippen LogP contribution < -0.4 is 16.0 Å². The van der Waals surface area contributed by atoms with Gasteiger partial charge in [0.1, 0.15) is 11.9 Å². The maximum atomic E-state index is 14.6. The van der Waals surface area contributed by atoms with E-state index in [-0.39, 0.29) is 23.1 Å². The molecule has 0 radical (unpaired) electrons. The highest BCUT2D eigenvalue weighted by Crippen LogP contribution is 2.29. The molecule has 1 atom stereocenters. The lowest BCUT2D eigenvalue weighted by molar-refractivity contribution is -0.118. The second-order valence-electron chi connectivity index (χ2n) is 9.75. The van der Waals surface area contributed by atoms with Crippen LogP contribution in [0, 0.1) is 11.7 Å². The second-order valence-corrected chi connectivity index (χ2v) is 9.75. The van der Waals surface area contributed by atoms with Crippen molar-refractivity contribution in [1.29, 1.82) is 0 Å². The van der Waals surface area contributed by atoms with Crippen LogP contribution in [-0.4, -0.2) is 32.6 Å². The summed E-state index contributed by atoms with van der Waals surface area (Å²) >= 11 is 0. The van der Waals surface area contributed by atoms with E-state index in [0.29, 0.717) is 23.7 Å². The number of hydrogen-bond donors (Lipinski definition) is 3. The Hall–Kier alpha value is -3.75. The summed E-state index contributed by atoms with van der Waals surface area (Å²) < 4.78 is 16.2. The first-order valence-electron chi connectivity index (χ1n) is 12.4. The van der Waals surface area contributed by atoms with Gasteiger partial charge in [0, 0.05) is 36.4 Å². The number of amides is 2. The molecule has 1 aromatic carbocycles. The maximum absolute atomic E-state index is 14.6. The summed E-state index contributed by atoms with van der Waals surface area (Å²) in [4.78, 5) is 30.6. The molecule has 4 rings (SSSR count). The molecule has 36 heavy (non-hydrogen) atoms. The van der Waals surface area contributed by atoms with Gasteiger partial charge in [-0.2, -0.15) is 5.10 Å². The number of benzene rings is 1.